The van der Waals surface area contributed by atoms with Crippen LogP contribution in [0, 0.1) is 39.4 Å². The van der Waals surface area contributed by atoms with E-state index >= 15 is 0 Å². The minimum absolute atomic E-state index is 0.0168. The lowest BCUT2D eigenvalue weighted by atomic mass is 9.83. The van der Waals surface area contributed by atoms with Crippen molar-refractivity contribution in [2.75, 3.05) is 40.8 Å². The Morgan fingerprint density at radius 2 is 0.912 bits per heavy atom. The van der Waals surface area contributed by atoms with Gasteiger partial charge in [0.25, 0.3) is 0 Å². The summed E-state index contributed by atoms with van der Waals surface area (Å²) in [6, 6.07) is 22.2. The van der Waals surface area contributed by atoms with Crippen molar-refractivity contribution in [3.05, 3.63) is 212 Å². The second-order valence-corrected chi connectivity index (χ2v) is 33.0. The number of Topliss-reactive ketones (excluding diaryl/α,β-unsaturated/α-hetero) is 3. The molecule has 113 heavy (non-hydrogen) atoms. The van der Waals surface area contributed by atoms with Crippen LogP contribution in [0.15, 0.2) is 171 Å². The lowest BCUT2D eigenvalue weighted by Gasteiger charge is -2.45. The molecule has 0 saturated carbocycles. The molecule has 3 aliphatic heterocycles. The van der Waals surface area contributed by atoms with Crippen LogP contribution in [0.4, 0.5) is 80.5 Å². The van der Waals surface area contributed by atoms with Crippen LogP contribution in [-0.2, 0) is 32.9 Å². The highest BCUT2D eigenvalue weighted by Gasteiger charge is 2.52. The number of amides is 10. The van der Waals surface area contributed by atoms with Gasteiger partial charge in [-0.05, 0) is 148 Å². The lowest BCUT2D eigenvalue weighted by Crippen LogP contribution is -2.57. The van der Waals surface area contributed by atoms with Gasteiger partial charge in [0.05, 0.1) is 85.0 Å². The molecule has 0 radical (unpaired) electrons. The predicted octanol–water partition coefficient (Wildman–Crippen LogP) is 18.1. The Morgan fingerprint density at radius 3 is 1.32 bits per heavy atom. The quantitative estimate of drug-likeness (QED) is 0.0694. The number of hydrogen-bond donors (Lipinski definition) is 6. The van der Waals surface area contributed by atoms with Crippen LogP contribution < -0.4 is 25.3 Å². The normalized spacial score (nSPS) is 18.8. The third kappa shape index (κ3) is 17.8. The summed E-state index contributed by atoms with van der Waals surface area (Å²) >= 11 is 0. The van der Waals surface area contributed by atoms with Crippen molar-refractivity contribution in [1.82, 2.24) is 30.3 Å². The van der Waals surface area contributed by atoms with Gasteiger partial charge in [0.2, 0.25) is 0 Å². The molecule has 6 aliphatic rings. The zero-order valence-electron chi connectivity index (χ0n) is 61.7. The number of hydrogen-bond acceptors (Lipinski definition) is 16. The molecule has 12 rings (SSSR count). The van der Waals surface area contributed by atoms with E-state index in [0.29, 0.717) is 30.4 Å². The van der Waals surface area contributed by atoms with Gasteiger partial charge in [-0.25, -0.2) is 33.8 Å². The minimum atomic E-state index is -4.73. The molecule has 0 bridgehead atoms. The van der Waals surface area contributed by atoms with E-state index in [1.807, 2.05) is 39.0 Å². The van der Waals surface area contributed by atoms with Crippen LogP contribution in [0.5, 0.6) is 0 Å². The highest BCUT2D eigenvalue weighted by atomic mass is 32.3. The predicted molar refractivity (Wildman–Crippen MR) is 397 cm³/mol. The molecule has 6 aromatic rings. The number of aromatic nitrogens is 1. The lowest BCUT2D eigenvalue weighted by molar-refractivity contribution is -0.141. The van der Waals surface area contributed by atoms with Crippen molar-refractivity contribution in [1.29, 1.82) is 15.8 Å². The molecule has 10 amide bonds. The van der Waals surface area contributed by atoms with E-state index in [-0.39, 0.29) is 145 Å². The van der Waals surface area contributed by atoms with E-state index in [2.05, 4.69) is 15.6 Å². The number of imide groups is 2. The smallest absolute Gasteiger partial charge is 0.337 e. The molecule has 1 aromatic heterocycles. The van der Waals surface area contributed by atoms with Crippen LogP contribution in [0.25, 0.3) is 0 Å². The Balaban J connectivity index is 0.000000180. The largest absolute Gasteiger partial charge is 0.433 e. The Morgan fingerprint density at radius 1 is 0.513 bits per heavy atom. The number of ketones is 3. The number of nitrogens with zero attached hydrogens (tertiary/aromatic N) is 10. The van der Waals surface area contributed by atoms with Crippen LogP contribution in [0.1, 0.15) is 161 Å². The van der Waals surface area contributed by atoms with E-state index < -0.39 is 117 Å². The number of alkyl halides is 9. The molecule has 35 heteroatoms. The van der Waals surface area contributed by atoms with Gasteiger partial charge < -0.3 is 15.5 Å². The minimum Gasteiger partial charge on any atom is -0.337 e. The van der Waals surface area contributed by atoms with Crippen molar-refractivity contribution in [3.8, 4) is 18.2 Å². The highest BCUT2D eigenvalue weighted by Crippen LogP contribution is 2.56. The van der Waals surface area contributed by atoms with Crippen molar-refractivity contribution in [2.24, 2.45) is 5.41 Å². The summed E-state index contributed by atoms with van der Waals surface area (Å²) in [5.41, 5.74) is -1.45. The fourth-order valence-corrected chi connectivity index (χ4v) is 16.0. The maximum atomic E-state index is 14.1. The first-order chi connectivity index (χ1) is 52.8. The van der Waals surface area contributed by atoms with Gasteiger partial charge >= 0.3 is 48.7 Å². The number of anilines is 3. The van der Waals surface area contributed by atoms with E-state index in [4.69, 9.17) is 0 Å². The molecule has 6 N–H and O–H groups in total. The standard InChI is InChI=1S/C28H27F3N4O3.C27H27F3N4O5S.C23H21F3N4O4S/c1-27(2,3)16-33-25(37)35-24(18-12-10-17(15-32)11-13-18)23-21(8-5-9-22(23)36)34(26(35)38)20-7-4-6-19(14-20)28(29,30)31;1-15(2)32-25(36)34-24(19-11-10-16(14-31)12-22(19)40(3,38)39)23-20(8-5-9-21(23)35)33(26(34)37)18-7-4-6-17(13-18)27(28,29)30;1-29-21(15-7-6-13(12-27)10-18(15)35(2,33)34)20-16(4-3-5-17(20)31)30(22(29)32)14-8-9-28-19(11-14)23(24,25)26/h4,6-7,10-14,24H,5,8-9,16H2,1-3H3,(H,33,37);4,6-7,10-13,15,24,38-39H,5,8-9H2,1-3H3,(H,32,36);6-11,21,33-34H,3-5H2,1-2H3/t;24-;/m.1./s1. The SMILES string of the molecule is CC(C)(C)CNC(=O)N1C(=O)N(c2cccc(C(F)(F)F)c2)C2=C(C(=O)CCC2)C1c1ccc(C#N)cc1.CC(C)NC(=O)N1C(=O)N(c2cccc(C(F)(F)F)c2)C2=C(C(=O)CCC2)[C@H]1c1ccc(C#N)cc1S(C)(O)O.CN1C(=O)N(c2ccnc(C(F)(F)F)c2)C2=C(C(=O)CCC2)C1c1ccc(C#N)cc1S(C)(O)O. The zero-order chi connectivity index (χ0) is 83.1. The maximum absolute atomic E-state index is 14.1. The number of likely N-dealkylation sites (N-methyl/N-ethyl adjacent to an activating group) is 1. The van der Waals surface area contributed by atoms with Gasteiger partial charge in [0.1, 0.15) is 11.7 Å². The summed E-state index contributed by atoms with van der Waals surface area (Å²) < 4.78 is 163. The fourth-order valence-electron chi connectivity index (χ4n) is 14.0. The van der Waals surface area contributed by atoms with Crippen molar-refractivity contribution in [2.45, 2.75) is 145 Å². The molecule has 5 aromatic carbocycles. The van der Waals surface area contributed by atoms with Gasteiger partial charge in [0.15, 0.2) is 17.3 Å². The number of allylic oxidation sites excluding steroid dienone is 3. The number of pyridine rings is 1. The van der Waals surface area contributed by atoms with Gasteiger partial charge in [-0.1, -0.05) is 57.2 Å². The first kappa shape index (κ1) is 84.1. The summed E-state index contributed by atoms with van der Waals surface area (Å²) in [6.07, 6.45) is -8.64. The van der Waals surface area contributed by atoms with Crippen LogP contribution >= 0.6 is 21.2 Å². The Kier molecular flexibility index (Phi) is 24.1. The molecule has 0 fully saturated rings. The average Bonchev–Trinajstić information content (AvgIpc) is 0.736. The summed E-state index contributed by atoms with van der Waals surface area (Å²) in [4.78, 5) is 118. The Hall–Kier alpha value is -11.4. The highest BCUT2D eigenvalue weighted by molar-refractivity contribution is 8.24. The van der Waals surface area contributed by atoms with Gasteiger partial charge in [0, 0.05) is 103 Å². The Labute approximate surface area is 645 Å². The first-order valence-electron chi connectivity index (χ1n) is 34.9. The number of nitrogens with one attached hydrogen (secondary N) is 2. The molecule has 594 valence electrons. The first-order valence-corrected chi connectivity index (χ1v) is 38.8. The average molecular weight is 1610 g/mol. The molecular weight excluding hydrogens is 1530 g/mol. The second kappa shape index (κ2) is 32.4. The van der Waals surface area contributed by atoms with Gasteiger partial charge in [-0.15, -0.1) is 0 Å². The maximum Gasteiger partial charge on any atom is 0.433 e. The van der Waals surface area contributed by atoms with Crippen LogP contribution in [0.3, 0.4) is 0 Å². The molecule has 0 saturated heterocycles. The summed E-state index contributed by atoms with van der Waals surface area (Å²) in [5, 5.41) is 33.2. The number of carbonyl (C=O) groups excluding carboxylic acids is 8. The molecule has 2 unspecified atom stereocenters. The summed E-state index contributed by atoms with van der Waals surface area (Å²) in [7, 11) is -5.52. The third-order valence-electron chi connectivity index (χ3n) is 18.9. The van der Waals surface area contributed by atoms with E-state index in [9.17, 15) is 112 Å². The molecule has 3 atom stereocenters. The summed E-state index contributed by atoms with van der Waals surface area (Å²) in [5.74, 6) is -1.03. The van der Waals surface area contributed by atoms with Gasteiger partial charge in [-0.3, -0.25) is 52.3 Å². The molecule has 4 heterocycles. The molecule has 24 nitrogen and oxygen atoms in total. The molecule has 0 spiro atoms. The van der Waals surface area contributed by atoms with Crippen molar-refractivity contribution in [3.63, 3.8) is 0 Å². The van der Waals surface area contributed by atoms with Crippen LogP contribution in [0.2, 0.25) is 0 Å². The molecular formula is C78H75F9N12O12S2. The fraction of sp³-hybridized carbons (Fsp3) is 0.333. The number of halogens is 9. The van der Waals surface area contributed by atoms with E-state index in [0.717, 1.165) is 73.4 Å². The zero-order valence-corrected chi connectivity index (χ0v) is 63.4. The van der Waals surface area contributed by atoms with Crippen LogP contribution in [-0.4, -0.2) is 118 Å². The topological polar surface area (TPSA) is 345 Å². The second-order valence-electron chi connectivity index (χ2n) is 28.8. The number of nitriles is 3. The van der Waals surface area contributed by atoms with Crippen molar-refractivity contribution >= 4 is 85.7 Å². The van der Waals surface area contributed by atoms with E-state index in [1.165, 1.54) is 91.0 Å². The number of urea groups is 5. The summed E-state index contributed by atoms with van der Waals surface area (Å²) in [6.45, 7) is 9.16. The Bertz CT molecular complexity index is 5100. The number of carbonyl (C=O) groups is 8. The van der Waals surface area contributed by atoms with E-state index in [1.54, 1.807) is 26.0 Å². The monoisotopic (exact) mass is 1610 g/mol. The number of benzene rings is 5. The van der Waals surface area contributed by atoms with Crippen molar-refractivity contribution < 1.29 is 96.1 Å². The number of rotatable bonds is 10. The van der Waals surface area contributed by atoms with Gasteiger partial charge in [-0.2, -0.15) is 76.5 Å². The third-order valence-corrected chi connectivity index (χ3v) is 21.3. The molecule has 3 aliphatic carbocycles.